The molecule has 2 aromatic rings. The minimum Gasteiger partial charge on any atom is -0.378 e. The Morgan fingerprint density at radius 1 is 0.968 bits per heavy atom. The number of urea groups is 1. The van der Waals surface area contributed by atoms with Crippen LogP contribution in [-0.2, 0) is 9.53 Å². The van der Waals surface area contributed by atoms with Crippen molar-refractivity contribution in [2.24, 2.45) is 5.92 Å². The molecule has 0 aromatic heterocycles. The van der Waals surface area contributed by atoms with Crippen LogP contribution in [0.3, 0.4) is 0 Å². The van der Waals surface area contributed by atoms with Gasteiger partial charge in [-0.3, -0.25) is 4.79 Å². The van der Waals surface area contributed by atoms with Crippen LogP contribution >= 0.6 is 11.6 Å². The Kier molecular flexibility index (Phi) is 8.14. The van der Waals surface area contributed by atoms with Crippen molar-refractivity contribution in [3.63, 3.8) is 0 Å². The van der Waals surface area contributed by atoms with Crippen LogP contribution in [0.2, 0.25) is 5.02 Å². The molecular formula is C23H29ClN4O3. The first-order valence-corrected chi connectivity index (χ1v) is 10.8. The lowest BCUT2D eigenvalue weighted by Crippen LogP contribution is -2.46. The Labute approximate surface area is 188 Å². The van der Waals surface area contributed by atoms with Gasteiger partial charge in [0.15, 0.2) is 0 Å². The smallest absolute Gasteiger partial charge is 0.319 e. The van der Waals surface area contributed by atoms with Crippen LogP contribution in [0.4, 0.5) is 21.9 Å². The standard InChI is InChI=1S/C23H29ClN4O3/c1-16(2)15-21(27-23(30)26-19-5-3-17(24)4-6-19)22(29)25-18-7-9-20(10-8-18)28-11-13-31-14-12-28/h3-10,16,21H,11-15H2,1-2H3,(H,25,29)(H2,26,27,30)/t21-/m1/s1. The first kappa shape index (κ1) is 22.9. The first-order valence-electron chi connectivity index (χ1n) is 10.5. The van der Waals surface area contributed by atoms with Gasteiger partial charge < -0.3 is 25.6 Å². The minimum atomic E-state index is -0.661. The van der Waals surface area contributed by atoms with Gasteiger partial charge in [0.25, 0.3) is 0 Å². The van der Waals surface area contributed by atoms with E-state index in [4.69, 9.17) is 16.3 Å². The fourth-order valence-electron chi connectivity index (χ4n) is 3.37. The van der Waals surface area contributed by atoms with Gasteiger partial charge in [-0.05, 0) is 60.9 Å². The van der Waals surface area contributed by atoms with E-state index in [0.717, 1.165) is 32.0 Å². The van der Waals surface area contributed by atoms with Crippen molar-refractivity contribution in [1.29, 1.82) is 0 Å². The molecule has 1 aliphatic heterocycles. The molecule has 166 valence electrons. The molecule has 1 fully saturated rings. The van der Waals surface area contributed by atoms with Crippen LogP contribution in [0.5, 0.6) is 0 Å². The van der Waals surface area contributed by atoms with Crippen LogP contribution in [0, 0.1) is 5.92 Å². The summed E-state index contributed by atoms with van der Waals surface area (Å²) in [4.78, 5) is 27.5. The quantitative estimate of drug-likeness (QED) is 0.592. The number of hydrogen-bond acceptors (Lipinski definition) is 4. The summed E-state index contributed by atoms with van der Waals surface area (Å²) in [5.41, 5.74) is 2.39. The molecule has 31 heavy (non-hydrogen) atoms. The number of carbonyl (C=O) groups is 2. The molecule has 0 bridgehead atoms. The van der Waals surface area contributed by atoms with E-state index in [1.807, 2.05) is 38.1 Å². The molecule has 0 unspecified atom stereocenters. The van der Waals surface area contributed by atoms with Gasteiger partial charge in [-0.15, -0.1) is 0 Å². The number of benzene rings is 2. The Hall–Kier alpha value is -2.77. The summed E-state index contributed by atoms with van der Waals surface area (Å²) in [7, 11) is 0. The molecule has 0 aliphatic carbocycles. The van der Waals surface area contributed by atoms with E-state index in [-0.39, 0.29) is 11.8 Å². The van der Waals surface area contributed by atoms with Crippen LogP contribution in [0.25, 0.3) is 0 Å². The van der Waals surface area contributed by atoms with Crippen LogP contribution in [0.15, 0.2) is 48.5 Å². The number of morpholine rings is 1. The van der Waals surface area contributed by atoms with Gasteiger partial charge in [0.2, 0.25) is 5.91 Å². The van der Waals surface area contributed by atoms with Crippen LogP contribution in [-0.4, -0.2) is 44.3 Å². The summed E-state index contributed by atoms with van der Waals surface area (Å²) >= 11 is 5.87. The number of halogens is 1. The Balaban J connectivity index is 1.59. The zero-order chi connectivity index (χ0) is 22.2. The second-order valence-corrected chi connectivity index (χ2v) is 8.36. The maximum Gasteiger partial charge on any atom is 0.319 e. The SMILES string of the molecule is CC(C)C[C@@H](NC(=O)Nc1ccc(Cl)cc1)C(=O)Nc1ccc(N2CCOCC2)cc1. The predicted octanol–water partition coefficient (Wildman–Crippen LogP) is 4.35. The Morgan fingerprint density at radius 2 is 1.55 bits per heavy atom. The molecule has 2 aromatic carbocycles. The molecule has 3 N–H and O–H groups in total. The van der Waals surface area contributed by atoms with Gasteiger partial charge in [0, 0.05) is 35.2 Å². The normalized spacial score (nSPS) is 14.8. The van der Waals surface area contributed by atoms with E-state index in [2.05, 4.69) is 20.9 Å². The van der Waals surface area contributed by atoms with Crippen molar-refractivity contribution in [1.82, 2.24) is 5.32 Å². The highest BCUT2D eigenvalue weighted by molar-refractivity contribution is 6.30. The molecule has 0 radical (unpaired) electrons. The molecule has 1 saturated heterocycles. The van der Waals surface area contributed by atoms with E-state index in [0.29, 0.717) is 22.8 Å². The molecule has 7 nitrogen and oxygen atoms in total. The lowest BCUT2D eigenvalue weighted by Gasteiger charge is -2.29. The number of rotatable bonds is 7. The number of hydrogen-bond donors (Lipinski definition) is 3. The summed E-state index contributed by atoms with van der Waals surface area (Å²) < 4.78 is 5.39. The summed E-state index contributed by atoms with van der Waals surface area (Å²) in [6.45, 7) is 7.17. The first-order chi connectivity index (χ1) is 14.9. The summed E-state index contributed by atoms with van der Waals surface area (Å²) in [6, 6.07) is 13.4. The van der Waals surface area contributed by atoms with Crippen LogP contribution < -0.4 is 20.9 Å². The van der Waals surface area contributed by atoms with E-state index < -0.39 is 12.1 Å². The monoisotopic (exact) mass is 444 g/mol. The van der Waals surface area contributed by atoms with Gasteiger partial charge in [-0.2, -0.15) is 0 Å². The summed E-state index contributed by atoms with van der Waals surface area (Å²) in [6.07, 6.45) is 0.520. The van der Waals surface area contributed by atoms with Gasteiger partial charge in [0.1, 0.15) is 6.04 Å². The average molecular weight is 445 g/mol. The Morgan fingerprint density at radius 3 is 2.16 bits per heavy atom. The minimum absolute atomic E-state index is 0.232. The molecule has 0 saturated carbocycles. The van der Waals surface area contributed by atoms with E-state index in [1.165, 1.54) is 0 Å². The Bertz CT molecular complexity index is 865. The zero-order valence-corrected chi connectivity index (χ0v) is 18.6. The van der Waals surface area contributed by atoms with Gasteiger partial charge >= 0.3 is 6.03 Å². The van der Waals surface area contributed by atoms with Crippen molar-refractivity contribution in [2.75, 3.05) is 41.8 Å². The molecule has 3 rings (SSSR count). The molecular weight excluding hydrogens is 416 g/mol. The number of anilines is 3. The van der Waals surface area contributed by atoms with Crippen molar-refractivity contribution >= 4 is 40.6 Å². The fraction of sp³-hybridized carbons (Fsp3) is 0.391. The van der Waals surface area contributed by atoms with Crippen molar-refractivity contribution in [2.45, 2.75) is 26.3 Å². The van der Waals surface area contributed by atoms with Crippen molar-refractivity contribution in [3.8, 4) is 0 Å². The third-order valence-electron chi connectivity index (χ3n) is 4.94. The molecule has 8 heteroatoms. The summed E-state index contributed by atoms with van der Waals surface area (Å²) in [5.74, 6) is -0.0191. The van der Waals surface area contributed by atoms with E-state index in [1.54, 1.807) is 24.3 Å². The highest BCUT2D eigenvalue weighted by Gasteiger charge is 2.22. The van der Waals surface area contributed by atoms with Crippen LogP contribution in [0.1, 0.15) is 20.3 Å². The largest absolute Gasteiger partial charge is 0.378 e. The van der Waals surface area contributed by atoms with E-state index in [9.17, 15) is 9.59 Å². The second kappa shape index (κ2) is 11.0. The van der Waals surface area contributed by atoms with Gasteiger partial charge in [-0.1, -0.05) is 25.4 Å². The fourth-order valence-corrected chi connectivity index (χ4v) is 3.49. The van der Waals surface area contributed by atoms with Gasteiger partial charge in [-0.25, -0.2) is 4.79 Å². The third-order valence-corrected chi connectivity index (χ3v) is 5.19. The predicted molar refractivity (Wildman–Crippen MR) is 125 cm³/mol. The number of ether oxygens (including phenoxy) is 1. The highest BCUT2D eigenvalue weighted by atomic mass is 35.5. The molecule has 1 aliphatic rings. The third kappa shape index (κ3) is 7.15. The maximum atomic E-state index is 12.9. The van der Waals surface area contributed by atoms with Crippen molar-refractivity contribution in [3.05, 3.63) is 53.6 Å². The molecule has 3 amide bonds. The van der Waals surface area contributed by atoms with Crippen molar-refractivity contribution < 1.29 is 14.3 Å². The zero-order valence-electron chi connectivity index (χ0n) is 17.9. The molecule has 0 spiro atoms. The van der Waals surface area contributed by atoms with E-state index >= 15 is 0 Å². The lowest BCUT2D eigenvalue weighted by molar-refractivity contribution is -0.118. The summed E-state index contributed by atoms with van der Waals surface area (Å²) in [5, 5.41) is 9.01. The molecule has 1 atom stereocenters. The van der Waals surface area contributed by atoms with Gasteiger partial charge in [0.05, 0.1) is 13.2 Å². The number of amides is 3. The number of nitrogens with zero attached hydrogens (tertiary/aromatic N) is 1. The second-order valence-electron chi connectivity index (χ2n) is 7.92. The maximum absolute atomic E-state index is 12.9. The topological polar surface area (TPSA) is 82.7 Å². The number of carbonyl (C=O) groups excluding carboxylic acids is 2. The lowest BCUT2D eigenvalue weighted by atomic mass is 10.0. The highest BCUT2D eigenvalue weighted by Crippen LogP contribution is 2.20. The number of nitrogens with one attached hydrogen (secondary N) is 3. The molecule has 1 heterocycles. The average Bonchev–Trinajstić information content (AvgIpc) is 2.76.